The van der Waals surface area contributed by atoms with Crippen LogP contribution in [0.1, 0.15) is 11.1 Å². The fraction of sp³-hybridized carbons (Fsp3) is 0.111. The number of hydrogen-bond donors (Lipinski definition) is 2. The van der Waals surface area contributed by atoms with E-state index in [2.05, 4.69) is 6.58 Å². The molecule has 0 bridgehead atoms. The van der Waals surface area contributed by atoms with Crippen molar-refractivity contribution in [2.45, 2.75) is 6.92 Å². The van der Waals surface area contributed by atoms with Gasteiger partial charge in [0.1, 0.15) is 5.75 Å². The van der Waals surface area contributed by atoms with E-state index in [-0.39, 0.29) is 5.75 Å². The molecule has 0 heterocycles. The molecule has 0 unspecified atom stereocenters. The summed E-state index contributed by atoms with van der Waals surface area (Å²) in [5, 5.41) is 9.15. The van der Waals surface area contributed by atoms with Crippen molar-refractivity contribution < 1.29 is 5.11 Å². The van der Waals surface area contributed by atoms with Gasteiger partial charge in [-0.25, -0.2) is 0 Å². The van der Waals surface area contributed by atoms with E-state index < -0.39 is 0 Å². The summed E-state index contributed by atoms with van der Waals surface area (Å²) in [7, 11) is 0. The normalized spacial score (nSPS) is 9.55. The van der Waals surface area contributed by atoms with Gasteiger partial charge < -0.3 is 10.8 Å². The van der Waals surface area contributed by atoms with Crippen LogP contribution < -0.4 is 5.73 Å². The largest absolute Gasteiger partial charge is 0.508 e. The lowest BCUT2D eigenvalue weighted by Crippen LogP contribution is -1.93. The van der Waals surface area contributed by atoms with Crippen molar-refractivity contribution in [3.63, 3.8) is 0 Å². The van der Waals surface area contributed by atoms with Crippen molar-refractivity contribution in [1.29, 1.82) is 0 Å². The molecule has 3 N–H and O–H groups in total. The summed E-state index contributed by atoms with van der Waals surface area (Å²) in [4.78, 5) is 0. The maximum atomic E-state index is 9.15. The number of phenols is 1. The minimum absolute atomic E-state index is 0.228. The molecule has 0 aliphatic rings. The van der Waals surface area contributed by atoms with E-state index in [0.717, 1.165) is 11.1 Å². The van der Waals surface area contributed by atoms with Crippen molar-refractivity contribution in [2.75, 3.05) is 0 Å². The molecule has 0 saturated heterocycles. The molecule has 2 nitrogen and oxygen atoms in total. The third kappa shape index (κ3) is 1.74. The molecule has 0 atom stereocenters. The molecule has 1 rings (SSSR count). The van der Waals surface area contributed by atoms with E-state index in [1.807, 2.05) is 13.0 Å². The summed E-state index contributed by atoms with van der Waals surface area (Å²) in [5.74, 6) is 0.228. The van der Waals surface area contributed by atoms with Crippen LogP contribution in [0, 0.1) is 6.92 Å². The predicted molar refractivity (Wildman–Crippen MR) is 46.1 cm³/mol. The Morgan fingerprint density at radius 2 is 2.09 bits per heavy atom. The third-order valence-electron chi connectivity index (χ3n) is 1.43. The Hall–Kier alpha value is -1.44. The Kier molecular flexibility index (Phi) is 1.85. The van der Waals surface area contributed by atoms with Crippen molar-refractivity contribution in [2.24, 2.45) is 5.73 Å². The topological polar surface area (TPSA) is 46.2 Å². The Bertz CT molecular complexity index is 271. The van der Waals surface area contributed by atoms with Gasteiger partial charge in [0, 0.05) is 11.3 Å². The van der Waals surface area contributed by atoms with Gasteiger partial charge in [-0.1, -0.05) is 6.58 Å². The van der Waals surface area contributed by atoms with Gasteiger partial charge in [0.2, 0.25) is 0 Å². The Morgan fingerprint density at radius 3 is 2.55 bits per heavy atom. The molecule has 1 aromatic carbocycles. The van der Waals surface area contributed by atoms with E-state index in [4.69, 9.17) is 10.8 Å². The van der Waals surface area contributed by atoms with E-state index in [1.165, 1.54) is 0 Å². The van der Waals surface area contributed by atoms with Crippen molar-refractivity contribution in [1.82, 2.24) is 0 Å². The molecule has 0 saturated carbocycles. The first-order chi connectivity index (χ1) is 5.09. The summed E-state index contributed by atoms with van der Waals surface area (Å²) in [6.45, 7) is 5.47. The minimum Gasteiger partial charge on any atom is -0.508 e. The number of aromatic hydroxyl groups is 1. The van der Waals surface area contributed by atoms with Crippen LogP contribution in [0.25, 0.3) is 5.70 Å². The molecule has 0 aliphatic heterocycles. The summed E-state index contributed by atoms with van der Waals surface area (Å²) in [5.41, 5.74) is 7.68. The number of rotatable bonds is 1. The van der Waals surface area contributed by atoms with Gasteiger partial charge >= 0.3 is 0 Å². The number of hydrogen-bond acceptors (Lipinski definition) is 2. The van der Waals surface area contributed by atoms with Gasteiger partial charge in [0.15, 0.2) is 0 Å². The van der Waals surface area contributed by atoms with Crippen LogP contribution in [-0.2, 0) is 0 Å². The average Bonchev–Trinajstić information content (AvgIpc) is 1.85. The first-order valence-electron chi connectivity index (χ1n) is 3.35. The molecular weight excluding hydrogens is 138 g/mol. The lowest BCUT2D eigenvalue weighted by Gasteiger charge is -2.01. The zero-order valence-electron chi connectivity index (χ0n) is 6.46. The molecule has 0 amide bonds. The third-order valence-corrected chi connectivity index (χ3v) is 1.43. The minimum atomic E-state index is 0.228. The molecule has 58 valence electrons. The maximum absolute atomic E-state index is 9.15. The highest BCUT2D eigenvalue weighted by atomic mass is 16.3. The quantitative estimate of drug-likeness (QED) is 0.637. The second-order valence-electron chi connectivity index (χ2n) is 2.58. The summed E-state index contributed by atoms with van der Waals surface area (Å²) >= 11 is 0. The van der Waals surface area contributed by atoms with Crippen molar-refractivity contribution >= 4 is 5.70 Å². The molecule has 2 heteroatoms. The molecule has 11 heavy (non-hydrogen) atoms. The number of benzene rings is 1. The molecule has 0 radical (unpaired) electrons. The highest BCUT2D eigenvalue weighted by Gasteiger charge is 1.96. The molecule has 0 aliphatic carbocycles. The summed E-state index contributed by atoms with van der Waals surface area (Å²) in [6.07, 6.45) is 0. The molecule has 1 aromatic rings. The van der Waals surface area contributed by atoms with Crippen LogP contribution in [0.4, 0.5) is 0 Å². The standard InChI is InChI=1S/C9H11NO/c1-6-3-8(7(2)10)5-9(11)4-6/h3-5,11H,2,10H2,1H3. The second-order valence-corrected chi connectivity index (χ2v) is 2.58. The highest BCUT2D eigenvalue weighted by molar-refractivity contribution is 5.62. The number of nitrogens with two attached hydrogens (primary N) is 1. The van der Waals surface area contributed by atoms with Gasteiger partial charge in [-0.05, 0) is 30.7 Å². The molecule has 0 fully saturated rings. The van der Waals surface area contributed by atoms with E-state index in [9.17, 15) is 0 Å². The Morgan fingerprint density at radius 1 is 1.45 bits per heavy atom. The van der Waals surface area contributed by atoms with Crippen LogP contribution in [0.2, 0.25) is 0 Å². The van der Waals surface area contributed by atoms with Crippen LogP contribution in [0.15, 0.2) is 24.8 Å². The number of aryl methyl sites for hydroxylation is 1. The zero-order valence-corrected chi connectivity index (χ0v) is 6.46. The smallest absolute Gasteiger partial charge is 0.116 e. The van der Waals surface area contributed by atoms with Gasteiger partial charge in [0.05, 0.1) is 0 Å². The average molecular weight is 149 g/mol. The fourth-order valence-electron chi connectivity index (χ4n) is 0.948. The first-order valence-corrected chi connectivity index (χ1v) is 3.35. The van der Waals surface area contributed by atoms with Crippen LogP contribution >= 0.6 is 0 Å². The summed E-state index contributed by atoms with van der Waals surface area (Å²) in [6, 6.07) is 5.14. The van der Waals surface area contributed by atoms with Crippen molar-refractivity contribution in [3.05, 3.63) is 35.9 Å². The lowest BCUT2D eigenvalue weighted by molar-refractivity contribution is 0.474. The SMILES string of the molecule is C=C(N)c1cc(C)cc(O)c1. The van der Waals surface area contributed by atoms with Crippen molar-refractivity contribution in [3.8, 4) is 5.75 Å². The maximum Gasteiger partial charge on any atom is 0.116 e. The first kappa shape index (κ1) is 7.66. The van der Waals surface area contributed by atoms with Gasteiger partial charge in [-0.2, -0.15) is 0 Å². The van der Waals surface area contributed by atoms with E-state index in [1.54, 1.807) is 12.1 Å². The fourth-order valence-corrected chi connectivity index (χ4v) is 0.948. The highest BCUT2D eigenvalue weighted by Crippen LogP contribution is 2.17. The van der Waals surface area contributed by atoms with Crippen LogP contribution in [0.3, 0.4) is 0 Å². The Balaban J connectivity index is 3.19. The van der Waals surface area contributed by atoms with Gasteiger partial charge in [-0.3, -0.25) is 0 Å². The van der Waals surface area contributed by atoms with Gasteiger partial charge in [-0.15, -0.1) is 0 Å². The van der Waals surface area contributed by atoms with Gasteiger partial charge in [0.25, 0.3) is 0 Å². The molecular formula is C9H11NO. The van der Waals surface area contributed by atoms with Crippen LogP contribution in [0.5, 0.6) is 5.75 Å². The molecule has 0 aromatic heterocycles. The van der Waals surface area contributed by atoms with E-state index >= 15 is 0 Å². The molecule has 0 spiro atoms. The van der Waals surface area contributed by atoms with E-state index in [0.29, 0.717) is 5.70 Å². The monoisotopic (exact) mass is 149 g/mol. The lowest BCUT2D eigenvalue weighted by atomic mass is 10.1. The second kappa shape index (κ2) is 2.66. The summed E-state index contributed by atoms with van der Waals surface area (Å²) < 4.78 is 0. The zero-order chi connectivity index (χ0) is 8.43. The Labute approximate surface area is 66.0 Å². The van der Waals surface area contributed by atoms with Crippen LogP contribution in [-0.4, -0.2) is 5.11 Å². The number of phenolic OH excluding ortho intramolecular Hbond substituents is 1. The predicted octanol–water partition coefficient (Wildman–Crippen LogP) is 1.63.